The van der Waals surface area contributed by atoms with Crippen molar-refractivity contribution in [2.75, 3.05) is 17.6 Å². The fraction of sp³-hybridized carbons (Fsp3) is 0.235. The number of hydrogen-bond acceptors (Lipinski definition) is 3. The van der Waals surface area contributed by atoms with Crippen LogP contribution in [0, 0.1) is 11.3 Å². The van der Waals surface area contributed by atoms with E-state index in [0.717, 1.165) is 18.7 Å². The molecule has 3 nitrogen and oxygen atoms in total. The van der Waals surface area contributed by atoms with Crippen LogP contribution in [0.4, 0.5) is 11.4 Å². The summed E-state index contributed by atoms with van der Waals surface area (Å²) in [5.41, 5.74) is 9.15. The molecule has 0 fully saturated rings. The van der Waals surface area contributed by atoms with Gasteiger partial charge in [-0.2, -0.15) is 5.26 Å². The summed E-state index contributed by atoms with van der Waals surface area (Å²) in [6, 6.07) is 18.0. The monoisotopic (exact) mass is 265 g/mol. The van der Waals surface area contributed by atoms with Crippen molar-refractivity contribution in [1.29, 1.82) is 5.26 Å². The quantitative estimate of drug-likeness (QED) is 0.809. The number of nitrogens with zero attached hydrogens (tertiary/aromatic N) is 1. The minimum atomic E-state index is 0.513. The van der Waals surface area contributed by atoms with Crippen LogP contribution in [0.25, 0.3) is 0 Å². The molecule has 0 saturated carbocycles. The van der Waals surface area contributed by atoms with Gasteiger partial charge in [-0.3, -0.25) is 0 Å². The third kappa shape index (κ3) is 3.52. The molecule has 0 saturated heterocycles. The summed E-state index contributed by atoms with van der Waals surface area (Å²) in [6.07, 6.45) is 1.05. The van der Waals surface area contributed by atoms with Crippen LogP contribution in [0.5, 0.6) is 0 Å². The van der Waals surface area contributed by atoms with Crippen molar-refractivity contribution in [3.8, 4) is 6.07 Å². The highest BCUT2D eigenvalue weighted by atomic mass is 14.9. The molecule has 2 rings (SSSR count). The Morgan fingerprint density at radius 3 is 2.60 bits per heavy atom. The van der Waals surface area contributed by atoms with Crippen LogP contribution in [-0.4, -0.2) is 6.54 Å². The Bertz CT molecular complexity index is 599. The molecule has 0 spiro atoms. The van der Waals surface area contributed by atoms with E-state index in [-0.39, 0.29) is 0 Å². The lowest BCUT2D eigenvalue weighted by molar-refractivity contribution is 0.706. The highest BCUT2D eigenvalue weighted by Crippen LogP contribution is 2.20. The number of anilines is 2. The summed E-state index contributed by atoms with van der Waals surface area (Å²) < 4.78 is 0. The highest BCUT2D eigenvalue weighted by Gasteiger charge is 2.05. The largest absolute Gasteiger partial charge is 0.398 e. The van der Waals surface area contributed by atoms with Crippen molar-refractivity contribution in [3.63, 3.8) is 0 Å². The maximum atomic E-state index is 8.83. The zero-order valence-electron chi connectivity index (χ0n) is 11.6. The Morgan fingerprint density at radius 2 is 1.95 bits per heavy atom. The molecule has 2 aromatic carbocycles. The molecular formula is C17H19N3. The Kier molecular flexibility index (Phi) is 4.62. The van der Waals surface area contributed by atoms with Gasteiger partial charge in [-0.05, 0) is 36.1 Å². The van der Waals surface area contributed by atoms with Crippen LogP contribution in [0.3, 0.4) is 0 Å². The van der Waals surface area contributed by atoms with Crippen molar-refractivity contribution >= 4 is 11.4 Å². The Hall–Kier alpha value is -2.47. The van der Waals surface area contributed by atoms with Gasteiger partial charge in [0.05, 0.1) is 11.3 Å². The summed E-state index contributed by atoms with van der Waals surface area (Å²) >= 11 is 0. The predicted octanol–water partition coefficient (Wildman–Crippen LogP) is 3.75. The van der Waals surface area contributed by atoms with Gasteiger partial charge in [-0.1, -0.05) is 37.3 Å². The minimum absolute atomic E-state index is 0.513. The molecule has 3 N–H and O–H groups in total. The maximum absolute atomic E-state index is 8.83. The fourth-order valence-corrected chi connectivity index (χ4v) is 2.16. The van der Waals surface area contributed by atoms with E-state index >= 15 is 0 Å². The molecule has 3 heteroatoms. The summed E-state index contributed by atoms with van der Waals surface area (Å²) in [6.45, 7) is 3.10. The van der Waals surface area contributed by atoms with Crippen LogP contribution >= 0.6 is 0 Å². The van der Waals surface area contributed by atoms with Crippen LogP contribution in [0.2, 0.25) is 0 Å². The number of nitrogens with two attached hydrogens (primary N) is 1. The molecule has 0 aliphatic carbocycles. The second-order valence-corrected chi connectivity index (χ2v) is 4.94. The van der Waals surface area contributed by atoms with Gasteiger partial charge in [0.15, 0.2) is 0 Å². The highest BCUT2D eigenvalue weighted by molar-refractivity contribution is 5.62. The number of nitrogen functional groups attached to an aromatic ring is 1. The normalized spacial score (nSPS) is 11.6. The third-order valence-electron chi connectivity index (χ3n) is 3.45. The van der Waals surface area contributed by atoms with Gasteiger partial charge in [0.2, 0.25) is 0 Å². The molecular weight excluding hydrogens is 246 g/mol. The van der Waals surface area contributed by atoms with Gasteiger partial charge < -0.3 is 11.1 Å². The van der Waals surface area contributed by atoms with Crippen LogP contribution < -0.4 is 11.1 Å². The second kappa shape index (κ2) is 6.63. The maximum Gasteiger partial charge on any atom is 0.101 e. The first-order valence-electron chi connectivity index (χ1n) is 6.79. The van der Waals surface area contributed by atoms with E-state index in [1.165, 1.54) is 5.56 Å². The van der Waals surface area contributed by atoms with E-state index in [4.69, 9.17) is 11.0 Å². The lowest BCUT2D eigenvalue weighted by atomic mass is 9.98. The number of nitriles is 1. The van der Waals surface area contributed by atoms with E-state index in [9.17, 15) is 0 Å². The molecule has 0 aliphatic rings. The molecule has 1 unspecified atom stereocenters. The Labute approximate surface area is 120 Å². The standard InChI is InChI=1S/C17H19N3/c1-13(14-5-3-2-4-6-14)9-10-20-16-8-7-15(12-18)17(19)11-16/h2-8,11,13,20H,9-10,19H2,1H3. The Balaban J connectivity index is 1.87. The van der Waals surface area contributed by atoms with Crippen molar-refractivity contribution in [3.05, 3.63) is 59.7 Å². The van der Waals surface area contributed by atoms with Crippen molar-refractivity contribution in [2.45, 2.75) is 19.3 Å². The van der Waals surface area contributed by atoms with E-state index in [1.54, 1.807) is 6.07 Å². The average Bonchev–Trinajstić information content (AvgIpc) is 2.48. The van der Waals surface area contributed by atoms with Crippen LogP contribution in [0.1, 0.15) is 30.4 Å². The molecule has 1 atom stereocenters. The van der Waals surface area contributed by atoms with E-state index in [2.05, 4.69) is 42.6 Å². The zero-order chi connectivity index (χ0) is 14.4. The summed E-state index contributed by atoms with van der Waals surface area (Å²) in [7, 11) is 0. The van der Waals surface area contributed by atoms with Gasteiger partial charge in [-0.15, -0.1) is 0 Å². The molecule has 0 amide bonds. The van der Waals surface area contributed by atoms with Crippen LogP contribution in [-0.2, 0) is 0 Å². The number of hydrogen-bond donors (Lipinski definition) is 2. The van der Waals surface area contributed by atoms with E-state index < -0.39 is 0 Å². The van der Waals surface area contributed by atoms with Gasteiger partial charge in [0, 0.05) is 12.2 Å². The summed E-state index contributed by atoms with van der Waals surface area (Å²) in [4.78, 5) is 0. The molecule has 0 radical (unpaired) electrons. The first-order valence-corrected chi connectivity index (χ1v) is 6.79. The molecule has 20 heavy (non-hydrogen) atoms. The minimum Gasteiger partial charge on any atom is -0.398 e. The van der Waals surface area contributed by atoms with Gasteiger partial charge >= 0.3 is 0 Å². The first-order chi connectivity index (χ1) is 9.70. The fourth-order valence-electron chi connectivity index (χ4n) is 2.16. The van der Waals surface area contributed by atoms with Crippen molar-refractivity contribution in [2.24, 2.45) is 0 Å². The third-order valence-corrected chi connectivity index (χ3v) is 3.45. The zero-order valence-corrected chi connectivity index (χ0v) is 11.6. The van der Waals surface area contributed by atoms with E-state index in [0.29, 0.717) is 17.2 Å². The first kappa shape index (κ1) is 14.0. The number of rotatable bonds is 5. The van der Waals surface area contributed by atoms with Gasteiger partial charge in [0.1, 0.15) is 6.07 Å². The smallest absolute Gasteiger partial charge is 0.101 e. The van der Waals surface area contributed by atoms with Crippen molar-refractivity contribution in [1.82, 2.24) is 0 Å². The topological polar surface area (TPSA) is 61.8 Å². The summed E-state index contributed by atoms with van der Waals surface area (Å²) in [5, 5.41) is 12.2. The molecule has 0 bridgehead atoms. The number of benzene rings is 2. The van der Waals surface area contributed by atoms with Crippen molar-refractivity contribution < 1.29 is 0 Å². The van der Waals surface area contributed by atoms with E-state index in [1.807, 2.05) is 18.2 Å². The molecule has 0 aliphatic heterocycles. The molecule has 2 aromatic rings. The lowest BCUT2D eigenvalue weighted by Crippen LogP contribution is -2.06. The second-order valence-electron chi connectivity index (χ2n) is 4.94. The molecule has 102 valence electrons. The SMILES string of the molecule is CC(CCNc1ccc(C#N)c(N)c1)c1ccccc1. The summed E-state index contributed by atoms with van der Waals surface area (Å²) in [5.74, 6) is 0.513. The average molecular weight is 265 g/mol. The predicted molar refractivity (Wildman–Crippen MR) is 83.5 cm³/mol. The lowest BCUT2D eigenvalue weighted by Gasteiger charge is -2.13. The molecule has 0 heterocycles. The van der Waals surface area contributed by atoms with Crippen LogP contribution in [0.15, 0.2) is 48.5 Å². The number of nitrogens with one attached hydrogen (secondary N) is 1. The Morgan fingerprint density at radius 1 is 1.20 bits per heavy atom. The van der Waals surface area contributed by atoms with Gasteiger partial charge in [-0.25, -0.2) is 0 Å². The van der Waals surface area contributed by atoms with Gasteiger partial charge in [0.25, 0.3) is 0 Å². The molecule has 0 aromatic heterocycles.